The maximum atomic E-state index is 11.9. The fraction of sp³-hybridized carbons (Fsp3) is 0.700. The van der Waals surface area contributed by atoms with Gasteiger partial charge in [-0.15, -0.1) is 10.2 Å². The van der Waals surface area contributed by atoms with Gasteiger partial charge in [-0.2, -0.15) is 0 Å². The third-order valence-electron chi connectivity index (χ3n) is 3.00. The first kappa shape index (κ1) is 12.2. The molecule has 1 aromatic rings. The highest BCUT2D eigenvalue weighted by atomic mass is 32.2. The van der Waals surface area contributed by atoms with Crippen molar-refractivity contribution in [1.82, 2.24) is 19.8 Å². The molecule has 7 heteroatoms. The molecule has 0 radical (unpaired) electrons. The molecule has 0 saturated carbocycles. The van der Waals surface area contributed by atoms with Crippen LogP contribution in [0.4, 0.5) is 0 Å². The van der Waals surface area contributed by atoms with E-state index in [1.807, 2.05) is 4.90 Å². The zero-order valence-corrected chi connectivity index (χ0v) is 10.7. The lowest BCUT2D eigenvalue weighted by molar-refractivity contribution is -0.129. The third kappa shape index (κ3) is 3.12. The first-order chi connectivity index (χ1) is 8.16. The van der Waals surface area contributed by atoms with E-state index >= 15 is 0 Å². The molecule has 0 aromatic carbocycles. The molecule has 1 amide bonds. The minimum atomic E-state index is 0.157. The maximum Gasteiger partial charge on any atom is 0.233 e. The molecule has 94 valence electrons. The van der Waals surface area contributed by atoms with Gasteiger partial charge in [-0.1, -0.05) is 18.7 Å². The highest BCUT2D eigenvalue weighted by Gasteiger charge is 2.20. The van der Waals surface area contributed by atoms with Crippen molar-refractivity contribution >= 4 is 17.7 Å². The molecule has 2 rings (SSSR count). The van der Waals surface area contributed by atoms with E-state index in [1.54, 1.807) is 0 Å². The number of hydrogen-bond acceptors (Lipinski definition) is 5. The summed E-state index contributed by atoms with van der Waals surface area (Å²) in [7, 11) is 0. The molecule has 17 heavy (non-hydrogen) atoms. The van der Waals surface area contributed by atoms with Crippen molar-refractivity contribution in [3.05, 3.63) is 6.33 Å². The lowest BCUT2D eigenvalue weighted by Crippen LogP contribution is -2.39. The Kier molecular flexibility index (Phi) is 3.88. The lowest BCUT2D eigenvalue weighted by Gasteiger charge is -2.30. The van der Waals surface area contributed by atoms with E-state index in [-0.39, 0.29) is 5.91 Å². The van der Waals surface area contributed by atoms with Crippen LogP contribution in [-0.4, -0.2) is 44.5 Å². The van der Waals surface area contributed by atoms with E-state index in [0.717, 1.165) is 31.8 Å². The summed E-state index contributed by atoms with van der Waals surface area (Å²) in [6, 6.07) is 0. The second-order valence-electron chi connectivity index (χ2n) is 4.37. The standard InChI is InChI=1S/C10H17N5OS/c1-8-2-4-14(5-3-8)9(16)6-17-10-13-12-7-15(10)11/h7-8H,2-6,11H2,1H3. The molecule has 0 spiro atoms. The van der Waals surface area contributed by atoms with Gasteiger partial charge in [-0.3, -0.25) is 4.79 Å². The van der Waals surface area contributed by atoms with Crippen LogP contribution in [0.25, 0.3) is 0 Å². The number of nitrogens with zero attached hydrogens (tertiary/aromatic N) is 4. The Labute approximate surface area is 105 Å². The maximum absolute atomic E-state index is 11.9. The van der Waals surface area contributed by atoms with Crippen molar-refractivity contribution in [2.24, 2.45) is 5.92 Å². The van der Waals surface area contributed by atoms with Crippen molar-refractivity contribution in [3.8, 4) is 0 Å². The van der Waals surface area contributed by atoms with Gasteiger partial charge in [-0.25, -0.2) is 4.68 Å². The summed E-state index contributed by atoms with van der Waals surface area (Å²) in [6.07, 6.45) is 3.63. The summed E-state index contributed by atoms with van der Waals surface area (Å²) >= 11 is 1.33. The molecular weight excluding hydrogens is 238 g/mol. The summed E-state index contributed by atoms with van der Waals surface area (Å²) in [4.78, 5) is 13.8. The smallest absolute Gasteiger partial charge is 0.233 e. The number of hydrogen-bond donors (Lipinski definition) is 1. The predicted molar refractivity (Wildman–Crippen MR) is 65.9 cm³/mol. The fourth-order valence-corrected chi connectivity index (χ4v) is 2.55. The van der Waals surface area contributed by atoms with Gasteiger partial charge in [0.15, 0.2) is 0 Å². The molecule has 0 aliphatic carbocycles. The van der Waals surface area contributed by atoms with Gasteiger partial charge >= 0.3 is 0 Å². The van der Waals surface area contributed by atoms with Crippen LogP contribution in [0.2, 0.25) is 0 Å². The normalized spacial score (nSPS) is 17.4. The summed E-state index contributed by atoms with van der Waals surface area (Å²) in [6.45, 7) is 3.97. The first-order valence-electron chi connectivity index (χ1n) is 5.72. The molecule has 0 unspecified atom stereocenters. The second kappa shape index (κ2) is 5.39. The van der Waals surface area contributed by atoms with Crippen LogP contribution >= 0.6 is 11.8 Å². The Morgan fingerprint density at radius 2 is 2.29 bits per heavy atom. The summed E-state index contributed by atoms with van der Waals surface area (Å²) in [5, 5.41) is 8.06. The number of rotatable bonds is 3. The molecule has 2 N–H and O–H groups in total. The van der Waals surface area contributed by atoms with Crippen molar-refractivity contribution in [2.75, 3.05) is 24.7 Å². The number of likely N-dealkylation sites (tertiary alicyclic amines) is 1. The average Bonchev–Trinajstić information content (AvgIpc) is 2.73. The Morgan fingerprint density at radius 1 is 1.59 bits per heavy atom. The number of carbonyl (C=O) groups is 1. The molecule has 1 fully saturated rings. The number of thioether (sulfide) groups is 1. The van der Waals surface area contributed by atoms with Crippen LogP contribution in [0, 0.1) is 5.92 Å². The molecule has 1 aliphatic heterocycles. The zero-order valence-electron chi connectivity index (χ0n) is 9.87. The van der Waals surface area contributed by atoms with E-state index in [9.17, 15) is 4.79 Å². The molecule has 1 aromatic heterocycles. The minimum Gasteiger partial charge on any atom is -0.342 e. The van der Waals surface area contributed by atoms with Crippen LogP contribution < -0.4 is 5.84 Å². The number of amides is 1. The number of aromatic nitrogens is 3. The number of carbonyl (C=O) groups excluding carboxylic acids is 1. The van der Waals surface area contributed by atoms with E-state index in [1.165, 1.54) is 22.8 Å². The highest BCUT2D eigenvalue weighted by Crippen LogP contribution is 2.18. The monoisotopic (exact) mass is 255 g/mol. The SMILES string of the molecule is CC1CCN(C(=O)CSc2nncn2N)CC1. The summed E-state index contributed by atoms with van der Waals surface area (Å²) < 4.78 is 1.33. The molecule has 1 aliphatic rings. The predicted octanol–water partition coefficient (Wildman–Crippen LogP) is 0.343. The average molecular weight is 255 g/mol. The molecule has 1 saturated heterocycles. The van der Waals surface area contributed by atoms with Crippen molar-refractivity contribution in [2.45, 2.75) is 24.9 Å². The zero-order chi connectivity index (χ0) is 12.3. The number of nitrogens with two attached hydrogens (primary N) is 1. The molecular formula is C10H17N5OS. The summed E-state index contributed by atoms with van der Waals surface area (Å²) in [5.74, 6) is 6.84. The Morgan fingerprint density at radius 3 is 2.88 bits per heavy atom. The number of piperidine rings is 1. The summed E-state index contributed by atoms with van der Waals surface area (Å²) in [5.41, 5.74) is 0. The van der Waals surface area contributed by atoms with Gasteiger partial charge in [0.1, 0.15) is 6.33 Å². The molecule has 0 atom stereocenters. The Hall–Kier alpha value is -1.24. The first-order valence-corrected chi connectivity index (χ1v) is 6.71. The van der Waals surface area contributed by atoms with E-state index in [2.05, 4.69) is 17.1 Å². The number of nitrogen functional groups attached to an aromatic ring is 1. The van der Waals surface area contributed by atoms with Crippen LogP contribution in [0.1, 0.15) is 19.8 Å². The van der Waals surface area contributed by atoms with Gasteiger partial charge in [0.05, 0.1) is 5.75 Å². The van der Waals surface area contributed by atoms with E-state index in [0.29, 0.717) is 10.9 Å². The van der Waals surface area contributed by atoms with Gasteiger partial charge < -0.3 is 10.7 Å². The second-order valence-corrected chi connectivity index (χ2v) is 5.32. The topological polar surface area (TPSA) is 77.0 Å². The van der Waals surface area contributed by atoms with Gasteiger partial charge in [-0.05, 0) is 18.8 Å². The van der Waals surface area contributed by atoms with E-state index < -0.39 is 0 Å². The van der Waals surface area contributed by atoms with Crippen molar-refractivity contribution in [3.63, 3.8) is 0 Å². The third-order valence-corrected chi connectivity index (χ3v) is 3.94. The van der Waals surface area contributed by atoms with Crippen molar-refractivity contribution in [1.29, 1.82) is 0 Å². The van der Waals surface area contributed by atoms with E-state index in [4.69, 9.17) is 5.84 Å². The molecule has 0 bridgehead atoms. The fourth-order valence-electron chi connectivity index (χ4n) is 1.81. The van der Waals surface area contributed by atoms with Gasteiger partial charge in [0.2, 0.25) is 11.1 Å². The minimum absolute atomic E-state index is 0.157. The van der Waals surface area contributed by atoms with Crippen molar-refractivity contribution < 1.29 is 4.79 Å². The van der Waals surface area contributed by atoms with Crippen LogP contribution in [0.3, 0.4) is 0 Å². The largest absolute Gasteiger partial charge is 0.342 e. The highest BCUT2D eigenvalue weighted by molar-refractivity contribution is 7.99. The van der Waals surface area contributed by atoms with Crippen LogP contribution in [0.15, 0.2) is 11.5 Å². The Balaban J connectivity index is 1.80. The van der Waals surface area contributed by atoms with Gasteiger partial charge in [0.25, 0.3) is 0 Å². The van der Waals surface area contributed by atoms with Crippen LogP contribution in [0.5, 0.6) is 0 Å². The van der Waals surface area contributed by atoms with Crippen LogP contribution in [-0.2, 0) is 4.79 Å². The lowest BCUT2D eigenvalue weighted by atomic mass is 9.99. The molecule has 6 nitrogen and oxygen atoms in total. The Bertz CT molecular complexity index is 386. The quantitative estimate of drug-likeness (QED) is 0.622. The molecule has 2 heterocycles. The van der Waals surface area contributed by atoms with Gasteiger partial charge in [0, 0.05) is 13.1 Å².